The van der Waals surface area contributed by atoms with E-state index in [9.17, 15) is 14.0 Å². The smallest absolute Gasteiger partial charge is 0.319 e. The third kappa shape index (κ3) is 5.11. The van der Waals surface area contributed by atoms with Gasteiger partial charge in [-0.1, -0.05) is 49.9 Å². The van der Waals surface area contributed by atoms with Gasteiger partial charge in [0, 0.05) is 17.3 Å². The summed E-state index contributed by atoms with van der Waals surface area (Å²) in [4.78, 5) is 27.6. The summed E-state index contributed by atoms with van der Waals surface area (Å²) in [6.07, 6.45) is 2.72. The summed E-state index contributed by atoms with van der Waals surface area (Å²) in [5, 5.41) is 6.78. The minimum Gasteiger partial charge on any atom is -0.326 e. The Labute approximate surface area is 216 Å². The highest BCUT2D eigenvalue weighted by atomic mass is 35.5. The predicted octanol–water partition coefficient (Wildman–Crippen LogP) is 6.32. The third-order valence-electron chi connectivity index (χ3n) is 6.72. The summed E-state index contributed by atoms with van der Waals surface area (Å²) in [5.41, 5.74) is 4.56. The Morgan fingerprint density at radius 1 is 1.06 bits per heavy atom. The zero-order valence-corrected chi connectivity index (χ0v) is 21.9. The van der Waals surface area contributed by atoms with Crippen LogP contribution in [-0.4, -0.2) is 37.9 Å². The summed E-state index contributed by atoms with van der Waals surface area (Å²) < 4.78 is 14.0. The fraction of sp³-hybridized carbons (Fsp3) is 0.286. The highest BCUT2D eigenvalue weighted by Gasteiger charge is 2.37. The number of carbonyl (C=O) groups is 2. The van der Waals surface area contributed by atoms with Gasteiger partial charge in [-0.05, 0) is 90.8 Å². The van der Waals surface area contributed by atoms with Crippen LogP contribution in [0, 0.1) is 5.82 Å². The SMILES string of the molecule is CP(C)c1ccccc1-c1ccc(N2CCC(NC(=O)Nc3ccc(Cl)cc3F)C2=O)c(C2CC2)c1. The second kappa shape index (κ2) is 10.2. The van der Waals surface area contributed by atoms with Crippen molar-refractivity contribution in [2.24, 2.45) is 0 Å². The highest BCUT2D eigenvalue weighted by molar-refractivity contribution is 7.64. The van der Waals surface area contributed by atoms with Crippen molar-refractivity contribution < 1.29 is 14.0 Å². The number of nitrogens with zero attached hydrogens (tertiary/aromatic N) is 1. The molecule has 0 spiro atoms. The molecule has 0 radical (unpaired) electrons. The van der Waals surface area contributed by atoms with Gasteiger partial charge in [0.15, 0.2) is 0 Å². The van der Waals surface area contributed by atoms with E-state index in [4.69, 9.17) is 11.6 Å². The first-order valence-electron chi connectivity index (χ1n) is 12.1. The first-order chi connectivity index (χ1) is 17.3. The fourth-order valence-electron chi connectivity index (χ4n) is 4.76. The van der Waals surface area contributed by atoms with Crippen LogP contribution in [0.5, 0.6) is 0 Å². The van der Waals surface area contributed by atoms with Crippen LogP contribution >= 0.6 is 19.5 Å². The lowest BCUT2D eigenvalue weighted by atomic mass is 9.98. The second-order valence-corrected chi connectivity index (χ2v) is 12.2. The lowest BCUT2D eigenvalue weighted by Gasteiger charge is -2.22. The van der Waals surface area contributed by atoms with Crippen LogP contribution < -0.4 is 20.8 Å². The molecule has 2 N–H and O–H groups in total. The van der Waals surface area contributed by atoms with Crippen molar-refractivity contribution in [2.45, 2.75) is 31.2 Å². The summed E-state index contributed by atoms with van der Waals surface area (Å²) >= 11 is 5.77. The molecule has 0 aromatic heterocycles. The molecule has 5 rings (SSSR count). The van der Waals surface area contributed by atoms with Gasteiger partial charge in [-0.15, -0.1) is 0 Å². The van der Waals surface area contributed by atoms with Crippen molar-refractivity contribution in [3.8, 4) is 11.1 Å². The summed E-state index contributed by atoms with van der Waals surface area (Å²) in [6, 6.07) is 17.7. The Morgan fingerprint density at radius 3 is 2.56 bits per heavy atom. The average molecular weight is 524 g/mol. The van der Waals surface area contributed by atoms with Crippen molar-refractivity contribution in [3.05, 3.63) is 77.1 Å². The summed E-state index contributed by atoms with van der Waals surface area (Å²) in [5.74, 6) is -0.332. The first kappa shape index (κ1) is 24.7. The van der Waals surface area contributed by atoms with Crippen LogP contribution in [0.2, 0.25) is 5.02 Å². The number of rotatable bonds is 6. The Hall–Kier alpha value is -2.95. The summed E-state index contributed by atoms with van der Waals surface area (Å²) in [7, 11) is -0.251. The molecule has 1 saturated heterocycles. The molecule has 1 atom stereocenters. The van der Waals surface area contributed by atoms with E-state index < -0.39 is 17.9 Å². The van der Waals surface area contributed by atoms with E-state index in [-0.39, 0.29) is 24.5 Å². The summed E-state index contributed by atoms with van der Waals surface area (Å²) in [6.45, 7) is 5.04. The fourth-order valence-corrected chi connectivity index (χ4v) is 5.99. The maximum absolute atomic E-state index is 14.0. The van der Waals surface area contributed by atoms with E-state index in [1.807, 2.05) is 0 Å². The molecule has 3 amide bonds. The van der Waals surface area contributed by atoms with Crippen molar-refractivity contribution in [1.82, 2.24) is 5.32 Å². The Morgan fingerprint density at radius 2 is 1.83 bits per heavy atom. The van der Waals surface area contributed by atoms with Crippen LogP contribution in [0.15, 0.2) is 60.7 Å². The highest BCUT2D eigenvalue weighted by Crippen LogP contribution is 2.46. The van der Waals surface area contributed by atoms with Crippen LogP contribution in [-0.2, 0) is 4.79 Å². The predicted molar refractivity (Wildman–Crippen MR) is 147 cm³/mol. The zero-order valence-electron chi connectivity index (χ0n) is 20.2. The van der Waals surface area contributed by atoms with E-state index in [0.717, 1.165) is 24.6 Å². The van der Waals surface area contributed by atoms with Crippen molar-refractivity contribution in [1.29, 1.82) is 0 Å². The van der Waals surface area contributed by atoms with Crippen molar-refractivity contribution in [3.63, 3.8) is 0 Å². The minimum atomic E-state index is -0.670. The molecule has 1 aliphatic carbocycles. The maximum Gasteiger partial charge on any atom is 0.319 e. The largest absolute Gasteiger partial charge is 0.326 e. The first-order valence-corrected chi connectivity index (χ1v) is 14.7. The topological polar surface area (TPSA) is 61.4 Å². The number of hydrogen-bond donors (Lipinski definition) is 2. The molecule has 0 bridgehead atoms. The Balaban J connectivity index is 1.34. The number of benzene rings is 3. The number of carbonyl (C=O) groups excluding carboxylic acids is 2. The third-order valence-corrected chi connectivity index (χ3v) is 8.31. The van der Waals surface area contributed by atoms with Gasteiger partial charge < -0.3 is 15.5 Å². The molecule has 186 valence electrons. The van der Waals surface area contributed by atoms with E-state index in [1.165, 1.54) is 34.1 Å². The van der Waals surface area contributed by atoms with Crippen LogP contribution in [0.4, 0.5) is 20.6 Å². The van der Waals surface area contributed by atoms with E-state index in [1.54, 1.807) is 4.90 Å². The lowest BCUT2D eigenvalue weighted by Crippen LogP contribution is -2.43. The van der Waals surface area contributed by atoms with Gasteiger partial charge in [0.25, 0.3) is 0 Å². The molecule has 36 heavy (non-hydrogen) atoms. The molecule has 3 aromatic carbocycles. The molecule has 3 aromatic rings. The number of halogens is 2. The van der Waals surface area contributed by atoms with E-state index in [2.05, 4.69) is 66.4 Å². The van der Waals surface area contributed by atoms with E-state index in [0.29, 0.717) is 18.9 Å². The second-order valence-electron chi connectivity index (χ2n) is 9.51. The molecular weight excluding hydrogens is 496 g/mol. The minimum absolute atomic E-state index is 0.00826. The molecule has 2 fully saturated rings. The molecule has 8 heteroatoms. The van der Waals surface area contributed by atoms with Crippen molar-refractivity contribution >= 4 is 48.1 Å². The lowest BCUT2D eigenvalue weighted by molar-refractivity contribution is -0.118. The molecule has 1 saturated carbocycles. The Bertz CT molecular complexity index is 1330. The van der Waals surface area contributed by atoms with Gasteiger partial charge in [0.2, 0.25) is 5.91 Å². The van der Waals surface area contributed by atoms with Crippen molar-refractivity contribution in [2.75, 3.05) is 30.1 Å². The molecule has 2 aliphatic rings. The van der Waals surface area contributed by atoms with Crippen LogP contribution in [0.25, 0.3) is 11.1 Å². The molecular formula is C28H28ClFN3O2P. The molecule has 1 unspecified atom stereocenters. The monoisotopic (exact) mass is 523 g/mol. The number of hydrogen-bond acceptors (Lipinski definition) is 2. The van der Waals surface area contributed by atoms with Crippen LogP contribution in [0.3, 0.4) is 0 Å². The normalized spacial score (nSPS) is 17.5. The molecule has 5 nitrogen and oxygen atoms in total. The van der Waals surface area contributed by atoms with Gasteiger partial charge in [-0.3, -0.25) is 4.79 Å². The number of nitrogens with one attached hydrogen (secondary N) is 2. The number of urea groups is 1. The quantitative estimate of drug-likeness (QED) is 0.372. The van der Waals surface area contributed by atoms with Gasteiger partial charge >= 0.3 is 6.03 Å². The van der Waals surface area contributed by atoms with E-state index >= 15 is 0 Å². The standard InChI is InChI=1S/C28H28ClFN3O2P/c1-36(2)26-6-4-3-5-20(26)18-9-12-25(21(15-18)17-7-8-17)33-14-13-24(27(33)34)32-28(35)31-23-11-10-19(29)16-22(23)30/h3-6,9-12,15-17,24H,7-8,13-14H2,1-2H3,(H2,31,32,35). The zero-order chi connectivity index (χ0) is 25.4. The maximum atomic E-state index is 14.0. The average Bonchev–Trinajstić information content (AvgIpc) is 3.65. The van der Waals surface area contributed by atoms with Crippen LogP contribution in [0.1, 0.15) is 30.7 Å². The van der Waals surface area contributed by atoms with Gasteiger partial charge in [-0.2, -0.15) is 0 Å². The van der Waals surface area contributed by atoms with Gasteiger partial charge in [0.05, 0.1) is 5.69 Å². The number of anilines is 2. The Kier molecular flexibility index (Phi) is 7.00. The van der Waals surface area contributed by atoms with Gasteiger partial charge in [0.1, 0.15) is 11.9 Å². The molecule has 1 heterocycles. The molecule has 1 aliphatic heterocycles. The number of amides is 3. The van der Waals surface area contributed by atoms with Gasteiger partial charge in [-0.25, -0.2) is 9.18 Å².